The van der Waals surface area contributed by atoms with Crippen molar-refractivity contribution in [3.8, 4) is 6.07 Å². The summed E-state index contributed by atoms with van der Waals surface area (Å²) in [5, 5.41) is 10.1. The van der Waals surface area contributed by atoms with E-state index in [4.69, 9.17) is 9.72 Å². The molecule has 0 amide bonds. The molecule has 1 saturated heterocycles. The molecule has 0 atom stereocenters. The van der Waals surface area contributed by atoms with Gasteiger partial charge in [-0.3, -0.25) is 4.79 Å². The van der Waals surface area contributed by atoms with Crippen molar-refractivity contribution in [2.24, 2.45) is 0 Å². The number of hydrogen-bond acceptors (Lipinski definition) is 8. The van der Waals surface area contributed by atoms with Crippen LogP contribution in [0.5, 0.6) is 0 Å². The van der Waals surface area contributed by atoms with Gasteiger partial charge in [-0.15, -0.1) is 0 Å². The number of nitriles is 1. The average Bonchev–Trinajstić information content (AvgIpc) is 3.19. The molecule has 3 aromatic rings. The number of rotatable bonds is 7. The van der Waals surface area contributed by atoms with E-state index in [0.29, 0.717) is 66.0 Å². The van der Waals surface area contributed by atoms with Gasteiger partial charge in [0.25, 0.3) is 0 Å². The molecule has 3 heterocycles. The second kappa shape index (κ2) is 9.84. The van der Waals surface area contributed by atoms with Crippen molar-refractivity contribution in [1.29, 1.82) is 5.26 Å². The van der Waals surface area contributed by atoms with Crippen molar-refractivity contribution < 1.29 is 17.9 Å². The lowest BCUT2D eigenvalue weighted by Gasteiger charge is -2.26. The number of thioether (sulfide) groups is 1. The molecule has 1 aliphatic heterocycles. The zero-order valence-corrected chi connectivity index (χ0v) is 20.9. The van der Waals surface area contributed by atoms with Crippen molar-refractivity contribution in [3.05, 3.63) is 46.9 Å². The number of aromatic nitrogens is 3. The lowest BCUT2D eigenvalue weighted by atomic mass is 10.1. The minimum absolute atomic E-state index is 0.131. The van der Waals surface area contributed by atoms with E-state index < -0.39 is 10.0 Å². The van der Waals surface area contributed by atoms with Gasteiger partial charge in [-0.05, 0) is 45.0 Å². The van der Waals surface area contributed by atoms with Crippen molar-refractivity contribution in [3.63, 3.8) is 0 Å². The number of aryl methyl sites for hydroxylation is 2. The fourth-order valence-electron chi connectivity index (χ4n) is 3.98. The second-order valence-electron chi connectivity index (χ2n) is 7.87. The molecule has 11 heteroatoms. The number of morpholine rings is 1. The summed E-state index contributed by atoms with van der Waals surface area (Å²) >= 11 is 1.37. The Morgan fingerprint density at radius 2 is 1.97 bits per heavy atom. The maximum atomic E-state index is 13.0. The maximum absolute atomic E-state index is 13.0. The molecular formula is C23H25N5O4S2. The van der Waals surface area contributed by atoms with Gasteiger partial charge in [-0.2, -0.15) is 9.57 Å². The number of fused-ring (bicyclic) bond motifs is 1. The van der Waals surface area contributed by atoms with Gasteiger partial charge >= 0.3 is 0 Å². The normalized spacial score (nSPS) is 14.9. The number of benzene rings is 1. The van der Waals surface area contributed by atoms with Crippen LogP contribution in [-0.4, -0.2) is 59.3 Å². The number of carbonyl (C=O) groups is 1. The highest BCUT2D eigenvalue weighted by atomic mass is 32.2. The molecule has 1 fully saturated rings. The number of sulfonamides is 1. The van der Waals surface area contributed by atoms with Crippen LogP contribution in [0.3, 0.4) is 0 Å². The Hall–Kier alpha value is -2.78. The number of ketones is 1. The lowest BCUT2D eigenvalue weighted by molar-refractivity contribution is 0.0730. The number of carbonyl (C=O) groups excluding carboxylic acids is 1. The molecule has 0 N–H and O–H groups in total. The number of hydrogen-bond donors (Lipinski definition) is 0. The predicted octanol–water partition coefficient (Wildman–Crippen LogP) is 3.15. The van der Waals surface area contributed by atoms with E-state index in [2.05, 4.69) is 11.1 Å². The first-order valence-corrected chi connectivity index (χ1v) is 13.3. The molecule has 0 bridgehead atoms. The summed E-state index contributed by atoms with van der Waals surface area (Å²) < 4.78 is 34.8. The van der Waals surface area contributed by atoms with Crippen LogP contribution in [0.1, 0.15) is 41.3 Å². The molecule has 0 spiro atoms. The molecule has 4 rings (SSSR count). The van der Waals surface area contributed by atoms with E-state index in [9.17, 15) is 18.5 Å². The summed E-state index contributed by atoms with van der Waals surface area (Å²) in [5.74, 6) is 1.06. The van der Waals surface area contributed by atoms with Crippen molar-refractivity contribution >= 4 is 38.6 Å². The molecule has 1 aromatic carbocycles. The number of pyridine rings is 1. The van der Waals surface area contributed by atoms with E-state index in [0.717, 1.165) is 11.3 Å². The fraction of sp³-hybridized carbons (Fsp3) is 0.391. The Bertz CT molecular complexity index is 1400. The Morgan fingerprint density at radius 1 is 1.24 bits per heavy atom. The highest BCUT2D eigenvalue weighted by Crippen LogP contribution is 2.29. The van der Waals surface area contributed by atoms with Gasteiger partial charge < -0.3 is 9.30 Å². The summed E-state index contributed by atoms with van der Waals surface area (Å²) in [6.07, 6.45) is 0. The second-order valence-corrected chi connectivity index (χ2v) is 10.8. The average molecular weight is 500 g/mol. The summed E-state index contributed by atoms with van der Waals surface area (Å²) in [5.41, 5.74) is 2.81. The van der Waals surface area contributed by atoms with E-state index in [1.807, 2.05) is 11.5 Å². The fourth-order valence-corrected chi connectivity index (χ4v) is 6.36. The van der Waals surface area contributed by atoms with Crippen molar-refractivity contribution in [1.82, 2.24) is 18.8 Å². The zero-order chi connectivity index (χ0) is 24.5. The summed E-state index contributed by atoms with van der Waals surface area (Å²) in [7, 11) is -3.62. The molecule has 9 nitrogen and oxygen atoms in total. The summed E-state index contributed by atoms with van der Waals surface area (Å²) in [6, 6.07) is 8.73. The monoisotopic (exact) mass is 499 g/mol. The molecule has 2 aromatic heterocycles. The van der Waals surface area contributed by atoms with Gasteiger partial charge in [-0.1, -0.05) is 11.8 Å². The smallest absolute Gasteiger partial charge is 0.243 e. The predicted molar refractivity (Wildman–Crippen MR) is 128 cm³/mol. The minimum Gasteiger partial charge on any atom is -0.379 e. The zero-order valence-electron chi connectivity index (χ0n) is 19.2. The van der Waals surface area contributed by atoms with Crippen LogP contribution >= 0.6 is 11.8 Å². The Balaban J connectivity index is 1.65. The largest absolute Gasteiger partial charge is 0.379 e. The third kappa shape index (κ3) is 4.59. The van der Waals surface area contributed by atoms with Crippen LogP contribution in [0.2, 0.25) is 0 Å². The van der Waals surface area contributed by atoms with Crippen LogP contribution in [0.15, 0.2) is 34.2 Å². The van der Waals surface area contributed by atoms with Crippen LogP contribution in [-0.2, 0) is 27.1 Å². The molecular weight excluding hydrogens is 474 g/mol. The Morgan fingerprint density at radius 3 is 2.62 bits per heavy atom. The molecule has 178 valence electrons. The quantitative estimate of drug-likeness (QED) is 0.359. The Kier molecular flexibility index (Phi) is 7.04. The maximum Gasteiger partial charge on any atom is 0.243 e. The number of Topliss-reactive ketones (excluding diaryl/α,β-unsaturated/α-hetero) is 1. The topological polar surface area (TPSA) is 118 Å². The third-order valence-electron chi connectivity index (χ3n) is 5.74. The first-order valence-electron chi connectivity index (χ1n) is 10.9. The van der Waals surface area contributed by atoms with E-state index in [1.54, 1.807) is 31.2 Å². The van der Waals surface area contributed by atoms with Crippen LogP contribution in [0.4, 0.5) is 0 Å². The van der Waals surface area contributed by atoms with E-state index >= 15 is 0 Å². The standard InChI is InChI=1S/C23H25N5O4S2/c1-4-28-21-6-5-18(34(30,31)27-7-9-32-10-8-27)12-20(21)26-22(28)14-33-23-17(13-24)11-19(16(3)29)15(2)25-23/h5-6,11-12H,4,7-10,14H2,1-3H3. The number of imidazole rings is 1. The SMILES string of the molecule is CCn1c(CSc2nc(C)c(C(C)=O)cc2C#N)nc2cc(S(=O)(=O)N3CCOCC3)ccc21. The van der Waals surface area contributed by atoms with Gasteiger partial charge in [0.2, 0.25) is 10.0 Å². The van der Waals surface area contributed by atoms with Crippen molar-refractivity contribution in [2.45, 2.75) is 43.0 Å². The molecule has 34 heavy (non-hydrogen) atoms. The van der Waals surface area contributed by atoms with Gasteiger partial charge in [0, 0.05) is 30.9 Å². The van der Waals surface area contributed by atoms with Gasteiger partial charge in [0.05, 0.1) is 40.5 Å². The molecule has 1 aliphatic rings. The van der Waals surface area contributed by atoms with Crippen LogP contribution < -0.4 is 0 Å². The number of nitrogens with zero attached hydrogens (tertiary/aromatic N) is 5. The Labute approximate surface area is 202 Å². The summed E-state index contributed by atoms with van der Waals surface area (Å²) in [4.78, 5) is 21.2. The molecule has 0 unspecified atom stereocenters. The van der Waals surface area contributed by atoms with Crippen LogP contribution in [0.25, 0.3) is 11.0 Å². The highest BCUT2D eigenvalue weighted by molar-refractivity contribution is 7.98. The molecule has 0 saturated carbocycles. The van der Waals surface area contributed by atoms with Crippen LogP contribution in [0, 0.1) is 18.3 Å². The minimum atomic E-state index is -3.62. The highest BCUT2D eigenvalue weighted by Gasteiger charge is 2.27. The van der Waals surface area contributed by atoms with Gasteiger partial charge in [0.1, 0.15) is 16.9 Å². The first kappa shape index (κ1) is 24.3. The number of ether oxygens (including phenoxy) is 1. The molecule has 0 aliphatic carbocycles. The van der Waals surface area contributed by atoms with Crippen molar-refractivity contribution in [2.75, 3.05) is 26.3 Å². The van der Waals surface area contributed by atoms with Gasteiger partial charge in [-0.25, -0.2) is 18.4 Å². The van der Waals surface area contributed by atoms with E-state index in [-0.39, 0.29) is 10.7 Å². The van der Waals surface area contributed by atoms with E-state index in [1.165, 1.54) is 23.0 Å². The molecule has 0 radical (unpaired) electrons. The lowest BCUT2D eigenvalue weighted by Crippen LogP contribution is -2.40. The van der Waals surface area contributed by atoms with Gasteiger partial charge in [0.15, 0.2) is 5.78 Å². The summed E-state index contributed by atoms with van der Waals surface area (Å²) in [6.45, 7) is 7.30. The third-order valence-corrected chi connectivity index (χ3v) is 8.62. The first-order chi connectivity index (χ1) is 16.3.